The fourth-order valence-corrected chi connectivity index (χ4v) is 5.21. The van der Waals surface area contributed by atoms with Crippen LogP contribution >= 0.6 is 11.6 Å². The molecule has 5 heterocycles. The smallest absolute Gasteiger partial charge is 0.193 e. The first-order chi connectivity index (χ1) is 18.1. The van der Waals surface area contributed by atoms with Crippen molar-refractivity contribution in [3.05, 3.63) is 78.3 Å². The molecule has 7 rings (SSSR count). The van der Waals surface area contributed by atoms with E-state index in [2.05, 4.69) is 39.3 Å². The van der Waals surface area contributed by atoms with Crippen molar-refractivity contribution in [1.29, 1.82) is 0 Å². The van der Waals surface area contributed by atoms with E-state index < -0.39 is 6.10 Å². The number of pyridine rings is 1. The molecular weight excluding hydrogens is 494 g/mol. The van der Waals surface area contributed by atoms with Crippen LogP contribution in [0.2, 0.25) is 5.02 Å². The lowest BCUT2D eigenvalue weighted by Gasteiger charge is -2.16. The zero-order valence-corrected chi connectivity index (χ0v) is 20.2. The van der Waals surface area contributed by atoms with Gasteiger partial charge in [-0.1, -0.05) is 48.0 Å². The van der Waals surface area contributed by atoms with Gasteiger partial charge in [0.15, 0.2) is 12.0 Å². The van der Waals surface area contributed by atoms with Crippen LogP contribution in [-0.4, -0.2) is 67.5 Å². The zero-order valence-electron chi connectivity index (χ0n) is 19.5. The highest BCUT2D eigenvalue weighted by atomic mass is 35.5. The van der Waals surface area contributed by atoms with Crippen LogP contribution in [0.5, 0.6) is 5.88 Å². The zero-order chi connectivity index (χ0) is 24.9. The quantitative estimate of drug-likeness (QED) is 0.364. The summed E-state index contributed by atoms with van der Waals surface area (Å²) < 4.78 is 19.1. The Morgan fingerprint density at radius 3 is 2.43 bits per heavy atom. The van der Waals surface area contributed by atoms with Crippen LogP contribution in [0, 0.1) is 0 Å². The number of H-pyrrole nitrogens is 1. The Kier molecular flexibility index (Phi) is 5.44. The van der Waals surface area contributed by atoms with Crippen LogP contribution < -0.4 is 4.74 Å². The summed E-state index contributed by atoms with van der Waals surface area (Å²) in [5.41, 5.74) is 6.25. The van der Waals surface area contributed by atoms with Crippen LogP contribution in [0.15, 0.2) is 73.3 Å². The Hall–Kier alpha value is -3.76. The Morgan fingerprint density at radius 2 is 1.68 bits per heavy atom. The van der Waals surface area contributed by atoms with Crippen LogP contribution in [0.4, 0.5) is 0 Å². The van der Waals surface area contributed by atoms with Crippen molar-refractivity contribution in [3.63, 3.8) is 0 Å². The van der Waals surface area contributed by atoms with E-state index in [1.165, 1.54) is 6.33 Å². The number of aliphatic hydroxyl groups excluding tert-OH is 1. The first kappa shape index (κ1) is 22.4. The minimum atomic E-state index is -0.616. The molecule has 4 atom stereocenters. The molecule has 37 heavy (non-hydrogen) atoms. The molecule has 0 spiro atoms. The molecule has 0 bridgehead atoms. The predicted molar refractivity (Wildman–Crippen MR) is 137 cm³/mol. The predicted octanol–water partition coefficient (Wildman–Crippen LogP) is 4.04. The van der Waals surface area contributed by atoms with Crippen molar-refractivity contribution in [1.82, 2.24) is 24.7 Å². The fraction of sp³-hybridized carbons (Fsp3) is 0.222. The highest BCUT2D eigenvalue weighted by Gasteiger charge is 2.48. The summed E-state index contributed by atoms with van der Waals surface area (Å²) in [4.78, 5) is 12.0. The first-order valence-corrected chi connectivity index (χ1v) is 12.3. The number of aliphatic hydroxyl groups is 1. The van der Waals surface area contributed by atoms with Gasteiger partial charge in [0, 0.05) is 11.6 Å². The molecule has 5 aromatic rings. The summed E-state index contributed by atoms with van der Waals surface area (Å²) in [7, 11) is 0. The molecule has 2 N–H and O–H groups in total. The lowest BCUT2D eigenvalue weighted by molar-refractivity contribution is 0.00794. The molecule has 2 aliphatic heterocycles. The molecule has 2 fully saturated rings. The number of nitrogens with one attached hydrogen (secondary N) is 1. The molecule has 0 saturated carbocycles. The van der Waals surface area contributed by atoms with Gasteiger partial charge in [0.1, 0.15) is 31.0 Å². The number of hydrogen-bond acceptors (Lipinski definition) is 7. The van der Waals surface area contributed by atoms with E-state index in [0.29, 0.717) is 23.2 Å². The van der Waals surface area contributed by atoms with Gasteiger partial charge in [-0.3, -0.25) is 0 Å². The topological polar surface area (TPSA) is 107 Å². The van der Waals surface area contributed by atoms with Crippen molar-refractivity contribution in [2.24, 2.45) is 0 Å². The first-order valence-electron chi connectivity index (χ1n) is 12.0. The summed E-state index contributed by atoms with van der Waals surface area (Å²) in [5, 5.41) is 14.7. The third kappa shape index (κ3) is 4.06. The van der Waals surface area contributed by atoms with E-state index in [1.54, 1.807) is 11.0 Å². The monoisotopic (exact) mass is 515 g/mol. The maximum Gasteiger partial charge on any atom is 0.193 e. The van der Waals surface area contributed by atoms with Gasteiger partial charge < -0.3 is 24.3 Å². The molecule has 186 valence electrons. The van der Waals surface area contributed by atoms with Crippen molar-refractivity contribution in [2.75, 3.05) is 13.2 Å². The number of benzene rings is 2. The van der Waals surface area contributed by atoms with E-state index in [9.17, 15) is 5.11 Å². The molecule has 9 nitrogen and oxygen atoms in total. The highest BCUT2D eigenvalue weighted by molar-refractivity contribution is 6.33. The molecule has 2 saturated heterocycles. The number of halogens is 1. The van der Waals surface area contributed by atoms with Gasteiger partial charge in [0.2, 0.25) is 0 Å². The van der Waals surface area contributed by atoms with Crippen molar-refractivity contribution in [3.8, 4) is 34.0 Å². The Labute approximate surface area is 216 Å². The van der Waals surface area contributed by atoms with E-state index in [1.807, 2.05) is 36.4 Å². The number of rotatable bonds is 5. The fourth-order valence-electron chi connectivity index (χ4n) is 4.95. The normalized spacial score (nSPS) is 23.0. The number of nitrogens with zero attached hydrogens (tertiary/aromatic N) is 4. The number of aromatic nitrogens is 5. The lowest BCUT2D eigenvalue weighted by atomic mass is 10.0. The van der Waals surface area contributed by atoms with Gasteiger partial charge in [-0.05, 0) is 29.3 Å². The second-order valence-electron chi connectivity index (χ2n) is 9.17. The van der Waals surface area contributed by atoms with E-state index >= 15 is 0 Å². The third-order valence-corrected chi connectivity index (χ3v) is 7.12. The number of ether oxygens (including phenoxy) is 3. The number of fused-ring (bicyclic) bond motifs is 2. The number of aromatic amines is 1. The lowest BCUT2D eigenvalue weighted by Crippen LogP contribution is -2.34. The third-order valence-electron chi connectivity index (χ3n) is 6.83. The van der Waals surface area contributed by atoms with E-state index in [0.717, 1.165) is 33.4 Å². The standard InChI is InChI=1S/C27H22ClN5O4/c28-19-9-20-21(10-24(31-20)37-23-12-36-26-22(34)11-35-27(23)26)32-25(19)17-3-1-15(2-4-17)16-5-7-18(8-6-16)33-14-29-13-30-33/h1-10,13-14,22-23,26-27,31,34H,11-12H2/t22-,23-,26?,27?/m1/s1. The molecule has 2 unspecified atom stereocenters. The van der Waals surface area contributed by atoms with Gasteiger partial charge in [-0.15, -0.1) is 0 Å². The van der Waals surface area contributed by atoms with Crippen LogP contribution in [0.25, 0.3) is 39.1 Å². The maximum atomic E-state index is 9.95. The summed E-state index contributed by atoms with van der Waals surface area (Å²) in [6, 6.07) is 20.0. The molecule has 3 aromatic heterocycles. The molecule has 0 radical (unpaired) electrons. The van der Waals surface area contributed by atoms with Gasteiger partial charge >= 0.3 is 0 Å². The minimum absolute atomic E-state index is 0.259. The van der Waals surface area contributed by atoms with Crippen LogP contribution in [-0.2, 0) is 9.47 Å². The Morgan fingerprint density at radius 1 is 0.946 bits per heavy atom. The minimum Gasteiger partial charge on any atom is -0.470 e. The van der Waals surface area contributed by atoms with E-state index in [-0.39, 0.29) is 24.9 Å². The summed E-state index contributed by atoms with van der Waals surface area (Å²) in [5.74, 6) is 0.555. The van der Waals surface area contributed by atoms with Gasteiger partial charge in [-0.2, -0.15) is 5.10 Å². The SMILES string of the molecule is O[C@@H]1COC2C1OC[C@H]2Oc1cc2nc(-c3ccc(-c4ccc(-n5cncn5)cc4)cc3)c(Cl)cc2[nH]1. The largest absolute Gasteiger partial charge is 0.470 e. The summed E-state index contributed by atoms with van der Waals surface area (Å²) >= 11 is 6.62. The van der Waals surface area contributed by atoms with Crippen LogP contribution in [0.1, 0.15) is 0 Å². The molecule has 0 aliphatic carbocycles. The molecule has 0 amide bonds. The van der Waals surface area contributed by atoms with Crippen LogP contribution in [0.3, 0.4) is 0 Å². The average Bonchev–Trinajstić information content (AvgIpc) is 3.71. The average molecular weight is 516 g/mol. The summed E-state index contributed by atoms with van der Waals surface area (Å²) in [6.07, 6.45) is 1.64. The van der Waals surface area contributed by atoms with Gasteiger partial charge in [0.05, 0.1) is 40.7 Å². The van der Waals surface area contributed by atoms with Crippen molar-refractivity contribution in [2.45, 2.75) is 24.4 Å². The Bertz CT molecular complexity index is 1550. The molecule has 2 aliphatic rings. The van der Waals surface area contributed by atoms with Crippen molar-refractivity contribution >= 4 is 22.6 Å². The van der Waals surface area contributed by atoms with Gasteiger partial charge in [0.25, 0.3) is 0 Å². The van der Waals surface area contributed by atoms with Gasteiger partial charge in [-0.25, -0.2) is 14.6 Å². The molecular formula is C27H22ClN5O4. The van der Waals surface area contributed by atoms with Crippen molar-refractivity contribution < 1.29 is 19.3 Å². The molecule has 10 heteroatoms. The Balaban J connectivity index is 1.11. The maximum absolute atomic E-state index is 9.95. The number of hydrogen-bond donors (Lipinski definition) is 2. The second-order valence-corrected chi connectivity index (χ2v) is 9.58. The second kappa shape index (κ2) is 8.97. The highest BCUT2D eigenvalue weighted by Crippen LogP contribution is 2.34. The van der Waals surface area contributed by atoms with E-state index in [4.69, 9.17) is 30.8 Å². The molecule has 2 aromatic carbocycles. The summed E-state index contributed by atoms with van der Waals surface area (Å²) in [6.45, 7) is 0.617.